The predicted octanol–water partition coefficient (Wildman–Crippen LogP) is 2.08. The molecular formula is C14H15BrN2O3. The van der Waals surface area contributed by atoms with Crippen molar-refractivity contribution in [2.75, 3.05) is 19.8 Å². The number of benzene rings is 1. The van der Waals surface area contributed by atoms with Gasteiger partial charge in [0.1, 0.15) is 6.04 Å². The summed E-state index contributed by atoms with van der Waals surface area (Å²) in [6.07, 6.45) is 0. The van der Waals surface area contributed by atoms with Crippen molar-refractivity contribution in [2.45, 2.75) is 13.0 Å². The van der Waals surface area contributed by atoms with Crippen LogP contribution in [0.3, 0.4) is 0 Å². The first-order valence-electron chi connectivity index (χ1n) is 6.44. The van der Waals surface area contributed by atoms with Crippen molar-refractivity contribution in [2.24, 2.45) is 5.41 Å². The summed E-state index contributed by atoms with van der Waals surface area (Å²) >= 11 is 3.35. The molecule has 2 saturated heterocycles. The molecule has 1 N–H and O–H groups in total. The lowest BCUT2D eigenvalue weighted by atomic mass is 9.88. The fourth-order valence-electron chi connectivity index (χ4n) is 2.47. The molecule has 0 aromatic heterocycles. The summed E-state index contributed by atoms with van der Waals surface area (Å²) in [5, 5.41) is 2.74. The van der Waals surface area contributed by atoms with Crippen molar-refractivity contribution >= 4 is 27.9 Å². The molecule has 2 aliphatic rings. The number of ether oxygens (including phenoxy) is 1. The fourth-order valence-corrected chi connectivity index (χ4v) is 2.74. The highest BCUT2D eigenvalue weighted by atomic mass is 79.9. The third-order valence-electron chi connectivity index (χ3n) is 3.67. The van der Waals surface area contributed by atoms with Crippen LogP contribution in [0.4, 0.5) is 4.79 Å². The van der Waals surface area contributed by atoms with Gasteiger partial charge in [0.2, 0.25) is 0 Å². The molecule has 1 aromatic carbocycles. The number of imide groups is 1. The Balaban J connectivity index is 1.77. The number of nitrogens with one attached hydrogen (secondary N) is 1. The van der Waals surface area contributed by atoms with E-state index in [-0.39, 0.29) is 17.4 Å². The van der Waals surface area contributed by atoms with Crippen LogP contribution < -0.4 is 5.32 Å². The largest absolute Gasteiger partial charge is 0.380 e. The highest BCUT2D eigenvalue weighted by Gasteiger charge is 2.44. The van der Waals surface area contributed by atoms with Crippen LogP contribution in [-0.4, -0.2) is 36.6 Å². The van der Waals surface area contributed by atoms with Gasteiger partial charge in [-0.05, 0) is 17.7 Å². The fraction of sp³-hybridized carbons (Fsp3) is 0.429. The first-order valence-corrected chi connectivity index (χ1v) is 7.23. The average Bonchev–Trinajstić information content (AvgIpc) is 2.66. The molecule has 0 saturated carbocycles. The number of halogens is 1. The smallest absolute Gasteiger partial charge is 0.325 e. The van der Waals surface area contributed by atoms with Crippen molar-refractivity contribution in [3.05, 3.63) is 34.3 Å². The van der Waals surface area contributed by atoms with E-state index < -0.39 is 6.04 Å². The van der Waals surface area contributed by atoms with E-state index in [1.807, 2.05) is 31.2 Å². The zero-order valence-corrected chi connectivity index (χ0v) is 12.6. The zero-order chi connectivity index (χ0) is 14.3. The second-order valence-corrected chi connectivity index (χ2v) is 6.58. The maximum atomic E-state index is 12.4. The van der Waals surface area contributed by atoms with E-state index in [0.29, 0.717) is 19.8 Å². The molecule has 2 aliphatic heterocycles. The van der Waals surface area contributed by atoms with Gasteiger partial charge in [0.05, 0.1) is 13.2 Å². The van der Waals surface area contributed by atoms with Crippen molar-refractivity contribution in [1.29, 1.82) is 0 Å². The Bertz CT molecular complexity index is 554. The van der Waals surface area contributed by atoms with E-state index >= 15 is 0 Å². The van der Waals surface area contributed by atoms with Crippen LogP contribution in [0.5, 0.6) is 0 Å². The summed E-state index contributed by atoms with van der Waals surface area (Å²) in [5.74, 6) is -0.189. The van der Waals surface area contributed by atoms with Gasteiger partial charge in [-0.15, -0.1) is 0 Å². The molecule has 20 heavy (non-hydrogen) atoms. The van der Waals surface area contributed by atoms with Crippen molar-refractivity contribution in [3.8, 4) is 0 Å². The molecule has 0 aliphatic carbocycles. The first kappa shape index (κ1) is 13.6. The van der Waals surface area contributed by atoms with Crippen LogP contribution in [0, 0.1) is 5.41 Å². The Morgan fingerprint density at radius 2 is 2.00 bits per heavy atom. The number of carbonyl (C=O) groups excluding carboxylic acids is 2. The minimum Gasteiger partial charge on any atom is -0.380 e. The van der Waals surface area contributed by atoms with Crippen molar-refractivity contribution in [1.82, 2.24) is 10.2 Å². The summed E-state index contributed by atoms with van der Waals surface area (Å²) in [5.41, 5.74) is 0.686. The quantitative estimate of drug-likeness (QED) is 0.858. The maximum Gasteiger partial charge on any atom is 0.325 e. The van der Waals surface area contributed by atoms with Crippen LogP contribution >= 0.6 is 15.9 Å². The minimum absolute atomic E-state index is 0.110. The number of nitrogens with zero attached hydrogens (tertiary/aromatic N) is 1. The maximum absolute atomic E-state index is 12.4. The van der Waals surface area contributed by atoms with Crippen LogP contribution in [0.25, 0.3) is 0 Å². The van der Waals surface area contributed by atoms with Crippen LogP contribution in [0.15, 0.2) is 28.7 Å². The second kappa shape index (κ2) is 4.86. The third-order valence-corrected chi connectivity index (χ3v) is 4.20. The van der Waals surface area contributed by atoms with E-state index in [2.05, 4.69) is 21.2 Å². The normalized spacial score (nSPS) is 24.5. The highest BCUT2D eigenvalue weighted by molar-refractivity contribution is 9.10. The van der Waals surface area contributed by atoms with E-state index in [4.69, 9.17) is 4.74 Å². The molecule has 1 aromatic rings. The summed E-state index contributed by atoms with van der Waals surface area (Å²) < 4.78 is 6.11. The van der Waals surface area contributed by atoms with Gasteiger partial charge < -0.3 is 10.1 Å². The van der Waals surface area contributed by atoms with Crippen molar-refractivity contribution < 1.29 is 14.3 Å². The lowest BCUT2D eigenvalue weighted by Crippen LogP contribution is -2.50. The molecule has 1 unspecified atom stereocenters. The molecule has 6 heteroatoms. The van der Waals surface area contributed by atoms with Gasteiger partial charge in [-0.25, -0.2) is 4.79 Å². The van der Waals surface area contributed by atoms with E-state index in [9.17, 15) is 9.59 Å². The van der Waals surface area contributed by atoms with Gasteiger partial charge in [0, 0.05) is 16.4 Å². The van der Waals surface area contributed by atoms with Gasteiger partial charge in [-0.1, -0.05) is 35.0 Å². The first-order chi connectivity index (χ1) is 9.48. The molecule has 0 radical (unpaired) electrons. The Morgan fingerprint density at radius 1 is 1.35 bits per heavy atom. The SMILES string of the molecule is CC1(CN2C(=O)NC(c3ccc(Br)cc3)C2=O)COC1. The summed E-state index contributed by atoms with van der Waals surface area (Å²) in [6.45, 7) is 3.61. The number of carbonyl (C=O) groups is 2. The lowest BCUT2D eigenvalue weighted by Gasteiger charge is -2.39. The van der Waals surface area contributed by atoms with Gasteiger partial charge in [-0.3, -0.25) is 9.69 Å². The summed E-state index contributed by atoms with van der Waals surface area (Å²) in [6, 6.07) is 6.49. The van der Waals surface area contributed by atoms with Crippen LogP contribution in [0.2, 0.25) is 0 Å². The third kappa shape index (κ3) is 2.33. The van der Waals surface area contributed by atoms with Gasteiger partial charge in [0.15, 0.2) is 0 Å². The lowest BCUT2D eigenvalue weighted by molar-refractivity contribution is -0.137. The zero-order valence-electron chi connectivity index (χ0n) is 11.1. The van der Waals surface area contributed by atoms with Gasteiger partial charge >= 0.3 is 6.03 Å². The molecule has 2 fully saturated rings. The monoisotopic (exact) mass is 338 g/mol. The molecular weight excluding hydrogens is 324 g/mol. The molecule has 3 amide bonds. The summed E-state index contributed by atoms with van der Waals surface area (Å²) in [7, 11) is 0. The topological polar surface area (TPSA) is 58.6 Å². The Labute approximate surface area is 125 Å². The standard InChI is InChI=1S/C14H15BrN2O3/c1-14(7-20-8-14)6-17-12(18)11(16-13(17)19)9-2-4-10(15)5-3-9/h2-5,11H,6-8H2,1H3,(H,16,19). The molecule has 106 valence electrons. The number of hydrogen-bond donors (Lipinski definition) is 1. The van der Waals surface area contributed by atoms with Gasteiger partial charge in [-0.2, -0.15) is 0 Å². The molecule has 1 atom stereocenters. The number of urea groups is 1. The second-order valence-electron chi connectivity index (χ2n) is 5.66. The number of rotatable bonds is 3. The van der Waals surface area contributed by atoms with Crippen molar-refractivity contribution in [3.63, 3.8) is 0 Å². The number of amides is 3. The van der Waals surface area contributed by atoms with Crippen LogP contribution in [-0.2, 0) is 9.53 Å². The highest BCUT2D eigenvalue weighted by Crippen LogP contribution is 2.31. The van der Waals surface area contributed by atoms with Gasteiger partial charge in [0.25, 0.3) is 5.91 Å². The Morgan fingerprint density at radius 3 is 2.55 bits per heavy atom. The van der Waals surface area contributed by atoms with E-state index in [1.165, 1.54) is 4.90 Å². The molecule has 3 rings (SSSR count). The average molecular weight is 339 g/mol. The van der Waals surface area contributed by atoms with E-state index in [0.717, 1.165) is 10.0 Å². The predicted molar refractivity (Wildman–Crippen MR) is 76.1 cm³/mol. The van der Waals surface area contributed by atoms with E-state index in [1.54, 1.807) is 0 Å². The molecule has 0 spiro atoms. The van der Waals surface area contributed by atoms with Crippen LogP contribution in [0.1, 0.15) is 18.5 Å². The molecule has 2 heterocycles. The Kier molecular flexibility index (Phi) is 3.30. The molecule has 0 bridgehead atoms. The molecule has 5 nitrogen and oxygen atoms in total. The summed E-state index contributed by atoms with van der Waals surface area (Å²) in [4.78, 5) is 25.7. The Hall–Kier alpha value is -1.40. The minimum atomic E-state index is -0.583. The number of hydrogen-bond acceptors (Lipinski definition) is 3.